The molecule has 0 atom stereocenters. The van der Waals surface area contributed by atoms with Gasteiger partial charge in [-0.15, -0.1) is 0 Å². The van der Waals surface area contributed by atoms with Crippen LogP contribution in [0.25, 0.3) is 0 Å². The van der Waals surface area contributed by atoms with Crippen LogP contribution in [0.5, 0.6) is 0 Å². The van der Waals surface area contributed by atoms with E-state index in [1.807, 2.05) is 0 Å². The van der Waals surface area contributed by atoms with Crippen molar-refractivity contribution in [2.24, 2.45) is 0 Å². The molecule has 0 bridgehead atoms. The predicted octanol–water partition coefficient (Wildman–Crippen LogP) is 1.06. The molecule has 114 valence electrons. The number of nitrogens with zero attached hydrogens (tertiary/aromatic N) is 3. The number of rotatable bonds is 8. The molecule has 1 N–H and O–H groups in total. The van der Waals surface area contributed by atoms with E-state index in [2.05, 4.69) is 17.3 Å². The monoisotopic (exact) mass is 300 g/mol. The van der Waals surface area contributed by atoms with Gasteiger partial charge in [-0.2, -0.15) is 9.40 Å². The molecule has 0 amide bonds. The molecule has 20 heavy (non-hydrogen) atoms. The molecule has 1 aliphatic heterocycles. The molecule has 1 fully saturated rings. The number of hydrogen-bond donors (Lipinski definition) is 1. The Hall–Kier alpha value is -0.920. The van der Waals surface area contributed by atoms with Crippen LogP contribution in [0.3, 0.4) is 0 Å². The molecule has 0 aliphatic carbocycles. The van der Waals surface area contributed by atoms with Gasteiger partial charge in [0, 0.05) is 25.8 Å². The lowest BCUT2D eigenvalue weighted by Gasteiger charge is -2.13. The smallest absolute Gasteiger partial charge is 0.246 e. The molecule has 0 aromatic carbocycles. The van der Waals surface area contributed by atoms with Crippen LogP contribution in [-0.4, -0.2) is 48.7 Å². The van der Waals surface area contributed by atoms with Crippen molar-refractivity contribution in [1.82, 2.24) is 19.4 Å². The summed E-state index contributed by atoms with van der Waals surface area (Å²) in [7, 11) is -3.32. The molecule has 6 nitrogen and oxygen atoms in total. The highest BCUT2D eigenvalue weighted by atomic mass is 32.2. The lowest BCUT2D eigenvalue weighted by atomic mass is 10.4. The number of aromatic nitrogens is 2. The molecule has 7 heteroatoms. The summed E-state index contributed by atoms with van der Waals surface area (Å²) in [5, 5.41) is 7.47. The van der Waals surface area contributed by atoms with Gasteiger partial charge in [0.2, 0.25) is 10.0 Å². The maximum absolute atomic E-state index is 12.3. The Balaban J connectivity index is 1.88. The van der Waals surface area contributed by atoms with E-state index in [1.165, 1.54) is 6.20 Å². The molecular weight excluding hydrogens is 276 g/mol. The first-order valence-electron chi connectivity index (χ1n) is 7.38. The zero-order valence-electron chi connectivity index (χ0n) is 12.1. The molecule has 1 aromatic rings. The van der Waals surface area contributed by atoms with Gasteiger partial charge in [0.05, 0.1) is 6.20 Å². The molecule has 0 spiro atoms. The Morgan fingerprint density at radius 1 is 1.30 bits per heavy atom. The van der Waals surface area contributed by atoms with E-state index in [-0.39, 0.29) is 0 Å². The number of aryl methyl sites for hydroxylation is 1. The Labute approximate surface area is 121 Å². The predicted molar refractivity (Wildman–Crippen MR) is 78.0 cm³/mol. The summed E-state index contributed by atoms with van der Waals surface area (Å²) >= 11 is 0. The molecule has 1 aliphatic rings. The molecule has 0 radical (unpaired) electrons. The van der Waals surface area contributed by atoms with Crippen LogP contribution < -0.4 is 5.32 Å². The first-order valence-corrected chi connectivity index (χ1v) is 8.82. The maximum atomic E-state index is 12.3. The van der Waals surface area contributed by atoms with Crippen molar-refractivity contribution in [3.05, 3.63) is 12.4 Å². The SMILES string of the molecule is CCCNCCCn1cc(S(=O)(=O)N2CCCC2)cn1. The fourth-order valence-electron chi connectivity index (χ4n) is 2.35. The average Bonchev–Trinajstić information content (AvgIpc) is 3.10. The minimum atomic E-state index is -3.32. The highest BCUT2D eigenvalue weighted by Gasteiger charge is 2.28. The summed E-state index contributed by atoms with van der Waals surface area (Å²) in [4.78, 5) is 0.320. The van der Waals surface area contributed by atoms with Gasteiger partial charge in [0.15, 0.2) is 0 Å². The summed E-state index contributed by atoms with van der Waals surface area (Å²) in [5.74, 6) is 0. The van der Waals surface area contributed by atoms with E-state index >= 15 is 0 Å². The zero-order chi connectivity index (χ0) is 14.4. The Kier molecular flexibility index (Phi) is 5.56. The van der Waals surface area contributed by atoms with E-state index in [4.69, 9.17) is 0 Å². The molecule has 1 saturated heterocycles. The highest BCUT2D eigenvalue weighted by Crippen LogP contribution is 2.20. The molecular formula is C13H24N4O2S. The fourth-order valence-corrected chi connectivity index (χ4v) is 3.82. The summed E-state index contributed by atoms with van der Waals surface area (Å²) in [5.41, 5.74) is 0. The van der Waals surface area contributed by atoms with Gasteiger partial charge in [0.25, 0.3) is 0 Å². The topological polar surface area (TPSA) is 67.2 Å². The van der Waals surface area contributed by atoms with Gasteiger partial charge in [-0.3, -0.25) is 4.68 Å². The van der Waals surface area contributed by atoms with Crippen molar-refractivity contribution < 1.29 is 8.42 Å². The van der Waals surface area contributed by atoms with E-state index in [1.54, 1.807) is 15.2 Å². The first kappa shape index (κ1) is 15.5. The third-order valence-corrected chi connectivity index (χ3v) is 5.33. The maximum Gasteiger partial charge on any atom is 0.246 e. The van der Waals surface area contributed by atoms with Crippen LogP contribution >= 0.6 is 0 Å². The third kappa shape index (κ3) is 3.80. The van der Waals surface area contributed by atoms with E-state index in [0.717, 1.165) is 45.3 Å². The third-order valence-electron chi connectivity index (χ3n) is 3.48. The lowest BCUT2D eigenvalue weighted by molar-refractivity contribution is 0.477. The molecule has 1 aromatic heterocycles. The highest BCUT2D eigenvalue weighted by molar-refractivity contribution is 7.89. The van der Waals surface area contributed by atoms with Gasteiger partial charge >= 0.3 is 0 Å². The standard InChI is InChI=1S/C13H24N4O2S/c1-2-6-14-7-5-8-16-12-13(11-15-16)20(18,19)17-9-3-4-10-17/h11-12,14H,2-10H2,1H3. The van der Waals surface area contributed by atoms with Crippen LogP contribution in [0, 0.1) is 0 Å². The summed E-state index contributed by atoms with van der Waals surface area (Å²) in [6.07, 6.45) is 7.10. The van der Waals surface area contributed by atoms with Crippen molar-refractivity contribution in [3.8, 4) is 0 Å². The minimum Gasteiger partial charge on any atom is -0.317 e. The van der Waals surface area contributed by atoms with Crippen LogP contribution in [0.1, 0.15) is 32.6 Å². The van der Waals surface area contributed by atoms with Crippen molar-refractivity contribution in [2.75, 3.05) is 26.2 Å². The van der Waals surface area contributed by atoms with Crippen molar-refractivity contribution >= 4 is 10.0 Å². The van der Waals surface area contributed by atoms with Gasteiger partial charge < -0.3 is 5.32 Å². The van der Waals surface area contributed by atoms with Crippen molar-refractivity contribution in [3.63, 3.8) is 0 Å². The Bertz CT molecular complexity index is 506. The molecule has 2 rings (SSSR count). The lowest BCUT2D eigenvalue weighted by Crippen LogP contribution is -2.27. The van der Waals surface area contributed by atoms with Crippen LogP contribution in [0.15, 0.2) is 17.3 Å². The van der Waals surface area contributed by atoms with Crippen LogP contribution in [0.2, 0.25) is 0 Å². The average molecular weight is 300 g/mol. The second-order valence-corrected chi connectivity index (χ2v) is 7.09. The second kappa shape index (κ2) is 7.19. The summed E-state index contributed by atoms with van der Waals surface area (Å²) in [6, 6.07) is 0. The number of hydrogen-bond acceptors (Lipinski definition) is 4. The normalized spacial score (nSPS) is 16.9. The Morgan fingerprint density at radius 2 is 2.05 bits per heavy atom. The summed E-state index contributed by atoms with van der Waals surface area (Å²) < 4.78 is 27.9. The second-order valence-electron chi connectivity index (χ2n) is 5.15. The quantitative estimate of drug-likeness (QED) is 0.729. The van der Waals surface area contributed by atoms with Gasteiger partial charge in [-0.25, -0.2) is 8.42 Å². The van der Waals surface area contributed by atoms with Crippen molar-refractivity contribution in [1.29, 1.82) is 0 Å². The van der Waals surface area contributed by atoms with E-state index < -0.39 is 10.0 Å². The summed E-state index contributed by atoms with van der Waals surface area (Å²) in [6.45, 7) is 6.10. The van der Waals surface area contributed by atoms with Gasteiger partial charge in [0.1, 0.15) is 4.90 Å². The molecule has 0 unspecified atom stereocenters. The van der Waals surface area contributed by atoms with Gasteiger partial charge in [-0.1, -0.05) is 6.92 Å². The zero-order valence-corrected chi connectivity index (χ0v) is 12.9. The van der Waals surface area contributed by atoms with Gasteiger partial charge in [-0.05, 0) is 38.8 Å². The van der Waals surface area contributed by atoms with E-state index in [9.17, 15) is 8.42 Å². The Morgan fingerprint density at radius 3 is 2.75 bits per heavy atom. The number of sulfonamides is 1. The van der Waals surface area contributed by atoms with Crippen LogP contribution in [-0.2, 0) is 16.6 Å². The molecule has 2 heterocycles. The largest absolute Gasteiger partial charge is 0.317 e. The minimum absolute atomic E-state index is 0.320. The van der Waals surface area contributed by atoms with Crippen LogP contribution in [0.4, 0.5) is 0 Å². The number of nitrogens with one attached hydrogen (secondary N) is 1. The fraction of sp³-hybridized carbons (Fsp3) is 0.769. The first-order chi connectivity index (χ1) is 9.64. The van der Waals surface area contributed by atoms with Crippen molar-refractivity contribution in [2.45, 2.75) is 44.0 Å². The van der Waals surface area contributed by atoms with E-state index in [0.29, 0.717) is 18.0 Å². The molecule has 0 saturated carbocycles.